The number of rotatable bonds is 10. The predicted molar refractivity (Wildman–Crippen MR) is 146 cm³/mol. The maximum atomic E-state index is 15.5. The van der Waals surface area contributed by atoms with E-state index in [0.29, 0.717) is 11.1 Å². The van der Waals surface area contributed by atoms with Crippen LogP contribution in [0, 0.1) is 23.0 Å². The van der Waals surface area contributed by atoms with Crippen molar-refractivity contribution in [3.63, 3.8) is 0 Å². The summed E-state index contributed by atoms with van der Waals surface area (Å²) in [6.07, 6.45) is 1.83. The molecule has 0 amide bonds. The van der Waals surface area contributed by atoms with Crippen molar-refractivity contribution >= 4 is 5.97 Å². The van der Waals surface area contributed by atoms with Crippen molar-refractivity contribution in [1.82, 2.24) is 0 Å². The summed E-state index contributed by atoms with van der Waals surface area (Å²) in [6.45, 7) is 4.38. The zero-order valence-corrected chi connectivity index (χ0v) is 22.7. The van der Waals surface area contributed by atoms with E-state index in [1.807, 2.05) is 6.07 Å². The molecule has 40 heavy (non-hydrogen) atoms. The maximum Gasteiger partial charge on any atom is 0.303 e. The van der Waals surface area contributed by atoms with Gasteiger partial charge in [-0.2, -0.15) is 0 Å². The number of carboxylic acid groups (broad SMARTS) is 1. The van der Waals surface area contributed by atoms with Crippen LogP contribution < -0.4 is 4.74 Å². The topological polar surface area (TPSA) is 46.5 Å². The van der Waals surface area contributed by atoms with E-state index in [1.165, 1.54) is 12.1 Å². The molecule has 5 rings (SSSR count). The van der Waals surface area contributed by atoms with Gasteiger partial charge in [0.15, 0.2) is 11.6 Å². The quantitative estimate of drug-likeness (QED) is 0.254. The van der Waals surface area contributed by atoms with Crippen LogP contribution in [0.4, 0.5) is 17.6 Å². The molecule has 3 nitrogen and oxygen atoms in total. The number of benzene rings is 3. The minimum absolute atomic E-state index is 0.0490. The van der Waals surface area contributed by atoms with Gasteiger partial charge >= 0.3 is 5.97 Å². The summed E-state index contributed by atoms with van der Waals surface area (Å²) in [7, 11) is 0. The standard InChI is InChI=1S/C33H34F4O3/c1-33(2)14-4-6-27(33)25-15-19(8-12-22(25)26-16-21(32(36)37)11-13-28(26)34)18-40-29-7-3-5-23(31(29)35)24(17-30(38)39)20-9-10-20/h3,5,7-8,11-13,15-16,20,24,27,32H,4,6,9-10,14,17-18H2,1-2H3,(H,38,39)/t24?,27-/m0/s1. The third-order valence-corrected chi connectivity index (χ3v) is 8.65. The van der Waals surface area contributed by atoms with E-state index in [-0.39, 0.29) is 47.2 Å². The second-order valence-electron chi connectivity index (χ2n) is 11.9. The second-order valence-corrected chi connectivity index (χ2v) is 11.9. The first-order chi connectivity index (χ1) is 19.0. The first-order valence-corrected chi connectivity index (χ1v) is 13.9. The van der Waals surface area contributed by atoms with Crippen LogP contribution in [-0.2, 0) is 11.4 Å². The van der Waals surface area contributed by atoms with Crippen molar-refractivity contribution in [2.24, 2.45) is 11.3 Å². The molecule has 2 aliphatic rings. The zero-order valence-electron chi connectivity index (χ0n) is 22.7. The predicted octanol–water partition coefficient (Wildman–Crippen LogP) is 9.41. The fourth-order valence-electron chi connectivity index (χ4n) is 6.33. The average Bonchev–Trinajstić information content (AvgIpc) is 3.69. The molecule has 212 valence electrons. The highest BCUT2D eigenvalue weighted by Gasteiger charge is 2.38. The van der Waals surface area contributed by atoms with Crippen LogP contribution in [0.15, 0.2) is 54.6 Å². The number of alkyl halides is 2. The van der Waals surface area contributed by atoms with Gasteiger partial charge in [0.1, 0.15) is 12.4 Å². The van der Waals surface area contributed by atoms with E-state index in [9.17, 15) is 23.1 Å². The van der Waals surface area contributed by atoms with E-state index in [0.717, 1.165) is 55.4 Å². The van der Waals surface area contributed by atoms with Gasteiger partial charge < -0.3 is 9.84 Å². The van der Waals surface area contributed by atoms with Gasteiger partial charge in [-0.15, -0.1) is 0 Å². The van der Waals surface area contributed by atoms with Crippen LogP contribution in [0.1, 0.15) is 92.9 Å². The highest BCUT2D eigenvalue weighted by atomic mass is 19.3. The Balaban J connectivity index is 1.47. The molecular formula is C33H34F4O3. The minimum atomic E-state index is -2.71. The number of hydrogen-bond donors (Lipinski definition) is 1. The number of carboxylic acids is 1. The Kier molecular flexibility index (Phi) is 7.94. The molecule has 0 radical (unpaired) electrons. The van der Waals surface area contributed by atoms with E-state index in [4.69, 9.17) is 4.74 Å². The average molecular weight is 555 g/mol. The molecule has 3 aromatic rings. The lowest BCUT2D eigenvalue weighted by atomic mass is 9.75. The molecule has 3 aromatic carbocycles. The highest BCUT2D eigenvalue weighted by molar-refractivity contribution is 5.70. The van der Waals surface area contributed by atoms with E-state index in [2.05, 4.69) is 13.8 Å². The molecule has 2 fully saturated rings. The summed E-state index contributed by atoms with van der Waals surface area (Å²) in [5, 5.41) is 9.34. The van der Waals surface area contributed by atoms with Gasteiger partial charge in [0.05, 0.1) is 6.42 Å². The molecule has 0 saturated heterocycles. The molecule has 0 spiro atoms. The normalized spacial score (nSPS) is 19.1. The third-order valence-electron chi connectivity index (χ3n) is 8.65. The summed E-state index contributed by atoms with van der Waals surface area (Å²) in [4.78, 5) is 11.4. The Morgan fingerprint density at radius 1 is 1.02 bits per heavy atom. The zero-order chi connectivity index (χ0) is 28.6. The number of carbonyl (C=O) groups is 1. The van der Waals surface area contributed by atoms with E-state index >= 15 is 4.39 Å². The molecular weight excluding hydrogens is 520 g/mol. The molecule has 2 saturated carbocycles. The van der Waals surface area contributed by atoms with Gasteiger partial charge in [-0.3, -0.25) is 4.79 Å². The monoisotopic (exact) mass is 554 g/mol. The lowest BCUT2D eigenvalue weighted by Crippen LogP contribution is -2.17. The number of halogens is 4. The van der Waals surface area contributed by atoms with Crippen molar-refractivity contribution in [3.8, 4) is 16.9 Å². The second kappa shape index (κ2) is 11.3. The van der Waals surface area contributed by atoms with Gasteiger partial charge in [-0.05, 0) is 83.4 Å². The van der Waals surface area contributed by atoms with Crippen LogP contribution in [-0.4, -0.2) is 11.1 Å². The summed E-state index contributed by atoms with van der Waals surface area (Å²) < 4.78 is 63.3. The summed E-state index contributed by atoms with van der Waals surface area (Å²) >= 11 is 0. The Hall–Kier alpha value is -3.35. The largest absolute Gasteiger partial charge is 0.486 e. The van der Waals surface area contributed by atoms with Crippen LogP contribution in [0.2, 0.25) is 0 Å². The molecule has 0 heterocycles. The smallest absolute Gasteiger partial charge is 0.303 e. The molecule has 0 aliphatic heterocycles. The summed E-state index contributed by atoms with van der Waals surface area (Å²) in [5.74, 6) is -2.15. The lowest BCUT2D eigenvalue weighted by Gasteiger charge is -2.30. The Labute approximate surface area is 232 Å². The fraction of sp³-hybridized carbons (Fsp3) is 0.424. The number of hydrogen-bond acceptors (Lipinski definition) is 2. The minimum Gasteiger partial charge on any atom is -0.486 e. The van der Waals surface area contributed by atoms with Gasteiger partial charge in [0.25, 0.3) is 6.43 Å². The molecule has 2 aliphatic carbocycles. The molecule has 0 aromatic heterocycles. The molecule has 0 bridgehead atoms. The summed E-state index contributed by atoms with van der Waals surface area (Å²) in [6, 6.07) is 13.7. The van der Waals surface area contributed by atoms with Crippen LogP contribution in [0.25, 0.3) is 11.1 Å². The molecule has 7 heteroatoms. The van der Waals surface area contributed by atoms with Crippen LogP contribution in [0.5, 0.6) is 5.75 Å². The molecule has 1 unspecified atom stereocenters. The Bertz CT molecular complexity index is 1400. The first kappa shape index (κ1) is 28.2. The fourth-order valence-corrected chi connectivity index (χ4v) is 6.33. The molecule has 2 atom stereocenters. The van der Waals surface area contributed by atoms with Gasteiger partial charge in [0, 0.05) is 17.0 Å². The maximum absolute atomic E-state index is 15.5. The molecule has 1 N–H and O–H groups in total. The van der Waals surface area contributed by atoms with Gasteiger partial charge in [0.2, 0.25) is 0 Å². The number of ether oxygens (including phenoxy) is 1. The van der Waals surface area contributed by atoms with Gasteiger partial charge in [-0.25, -0.2) is 17.6 Å². The Morgan fingerprint density at radius 3 is 2.45 bits per heavy atom. The van der Waals surface area contributed by atoms with Crippen LogP contribution >= 0.6 is 0 Å². The number of aliphatic carboxylic acids is 1. The van der Waals surface area contributed by atoms with Crippen molar-refractivity contribution in [3.05, 3.63) is 88.5 Å². The van der Waals surface area contributed by atoms with Crippen molar-refractivity contribution in [1.29, 1.82) is 0 Å². The van der Waals surface area contributed by atoms with E-state index < -0.39 is 29.9 Å². The SMILES string of the molecule is CC1(C)CCC[C@H]1c1cc(COc2cccc(C(CC(=O)O)C3CC3)c2F)ccc1-c1cc(C(F)F)ccc1F. The van der Waals surface area contributed by atoms with Crippen molar-refractivity contribution in [2.75, 3.05) is 0 Å². The van der Waals surface area contributed by atoms with Crippen molar-refractivity contribution in [2.45, 2.75) is 77.2 Å². The Morgan fingerprint density at radius 2 is 1.80 bits per heavy atom. The third kappa shape index (κ3) is 5.89. The van der Waals surface area contributed by atoms with Crippen molar-refractivity contribution < 1.29 is 32.2 Å². The van der Waals surface area contributed by atoms with E-state index in [1.54, 1.807) is 24.3 Å². The van der Waals surface area contributed by atoms with Crippen LogP contribution in [0.3, 0.4) is 0 Å². The lowest BCUT2D eigenvalue weighted by molar-refractivity contribution is -0.137. The first-order valence-electron chi connectivity index (χ1n) is 13.9. The van der Waals surface area contributed by atoms with Gasteiger partial charge in [-0.1, -0.05) is 56.7 Å². The highest BCUT2D eigenvalue weighted by Crippen LogP contribution is 2.51. The summed E-state index contributed by atoms with van der Waals surface area (Å²) in [5.41, 5.74) is 2.42.